The third-order valence-corrected chi connectivity index (χ3v) is 6.47. The first-order valence-corrected chi connectivity index (χ1v) is 10.8. The Hall–Kier alpha value is -2.31. The minimum atomic E-state index is -0.397. The highest BCUT2D eigenvalue weighted by atomic mass is 16.5. The van der Waals surface area contributed by atoms with Crippen molar-refractivity contribution >= 4 is 17.8 Å². The van der Waals surface area contributed by atoms with Crippen LogP contribution in [0.1, 0.15) is 71.6 Å². The molecule has 2 fully saturated rings. The summed E-state index contributed by atoms with van der Waals surface area (Å²) in [4.78, 5) is 44.8. The van der Waals surface area contributed by atoms with Crippen molar-refractivity contribution in [3.63, 3.8) is 0 Å². The maximum atomic E-state index is 13.1. The Morgan fingerprint density at radius 2 is 1.69 bits per heavy atom. The molecule has 0 aromatic carbocycles. The summed E-state index contributed by atoms with van der Waals surface area (Å²) < 4.78 is 5.11. The number of H-pyrrole nitrogens is 1. The lowest BCUT2D eigenvalue weighted by atomic mass is 9.84. The van der Waals surface area contributed by atoms with Gasteiger partial charge in [-0.05, 0) is 57.9 Å². The second-order valence-corrected chi connectivity index (χ2v) is 8.30. The number of piperidine rings is 1. The molecule has 1 aromatic heterocycles. The molecule has 0 unspecified atom stereocenters. The van der Waals surface area contributed by atoms with Gasteiger partial charge in [0.1, 0.15) is 5.69 Å². The maximum Gasteiger partial charge on any atom is 0.340 e. The van der Waals surface area contributed by atoms with E-state index in [1.54, 1.807) is 20.8 Å². The predicted octanol–water partition coefficient (Wildman–Crippen LogP) is 2.92. The van der Waals surface area contributed by atoms with Gasteiger partial charge in [0.2, 0.25) is 5.91 Å². The van der Waals surface area contributed by atoms with Crippen molar-refractivity contribution in [2.45, 2.75) is 53.4 Å². The van der Waals surface area contributed by atoms with E-state index in [-0.39, 0.29) is 17.7 Å². The molecule has 0 saturated carbocycles. The van der Waals surface area contributed by atoms with Gasteiger partial charge >= 0.3 is 5.97 Å². The first-order valence-electron chi connectivity index (χ1n) is 10.8. The summed E-state index contributed by atoms with van der Waals surface area (Å²) in [6.07, 6.45) is 3.87. The van der Waals surface area contributed by atoms with E-state index in [0.717, 1.165) is 38.8 Å². The van der Waals surface area contributed by atoms with E-state index in [4.69, 9.17) is 4.74 Å². The minimum absolute atomic E-state index is 0.00948. The summed E-state index contributed by atoms with van der Waals surface area (Å²) in [6.45, 7) is 10.7. The number of carbonyl (C=O) groups excluding carboxylic acids is 3. The monoisotopic (exact) mass is 403 g/mol. The fourth-order valence-electron chi connectivity index (χ4n) is 4.66. The Balaban J connectivity index is 1.62. The van der Waals surface area contributed by atoms with E-state index < -0.39 is 5.97 Å². The number of aromatic amines is 1. The summed E-state index contributed by atoms with van der Waals surface area (Å²) in [5.74, 6) is 0.107. The van der Waals surface area contributed by atoms with E-state index in [0.29, 0.717) is 48.1 Å². The standard InChI is InChI=1S/C22H33N3O4/c1-5-29-22(28)18-15(3)19(23-16(18)4)21(27)25-12-8-17(9-13-25)14(2)20(26)24-10-6-7-11-24/h14,17,23H,5-13H2,1-4H3/t14-/m1/s1. The SMILES string of the molecule is CCOC(=O)c1c(C)[nH]c(C(=O)N2CCC([C@@H](C)C(=O)N3CCCC3)CC2)c1C. The van der Waals surface area contributed by atoms with Gasteiger partial charge in [0.15, 0.2) is 0 Å². The number of nitrogens with zero attached hydrogens (tertiary/aromatic N) is 2. The number of hydrogen-bond donors (Lipinski definition) is 1. The van der Waals surface area contributed by atoms with Gasteiger partial charge in [-0.15, -0.1) is 0 Å². The van der Waals surface area contributed by atoms with Gasteiger partial charge < -0.3 is 19.5 Å². The molecule has 1 aromatic rings. The van der Waals surface area contributed by atoms with E-state index >= 15 is 0 Å². The van der Waals surface area contributed by atoms with Gasteiger partial charge in [0.05, 0.1) is 12.2 Å². The number of ether oxygens (including phenoxy) is 1. The first-order chi connectivity index (χ1) is 13.8. The zero-order chi connectivity index (χ0) is 21.1. The molecule has 7 nitrogen and oxygen atoms in total. The molecule has 29 heavy (non-hydrogen) atoms. The highest BCUT2D eigenvalue weighted by molar-refractivity contribution is 6.00. The van der Waals surface area contributed by atoms with Crippen molar-refractivity contribution in [3.8, 4) is 0 Å². The average molecular weight is 404 g/mol. The lowest BCUT2D eigenvalue weighted by Gasteiger charge is -2.35. The number of amides is 2. The van der Waals surface area contributed by atoms with Gasteiger partial charge in [0.25, 0.3) is 5.91 Å². The smallest absolute Gasteiger partial charge is 0.340 e. The van der Waals surface area contributed by atoms with Crippen molar-refractivity contribution in [1.82, 2.24) is 14.8 Å². The van der Waals surface area contributed by atoms with Crippen LogP contribution in [0.15, 0.2) is 0 Å². The number of hydrogen-bond acceptors (Lipinski definition) is 4. The Kier molecular flexibility index (Phi) is 6.65. The highest BCUT2D eigenvalue weighted by Gasteiger charge is 2.34. The summed E-state index contributed by atoms with van der Waals surface area (Å²) in [6, 6.07) is 0. The van der Waals surface area contributed by atoms with Crippen molar-refractivity contribution < 1.29 is 19.1 Å². The van der Waals surface area contributed by atoms with E-state index in [1.807, 2.05) is 16.7 Å². The molecule has 3 heterocycles. The molecule has 1 N–H and O–H groups in total. The molecule has 2 aliphatic heterocycles. The number of carbonyl (C=O) groups is 3. The van der Waals surface area contributed by atoms with Crippen molar-refractivity contribution in [2.75, 3.05) is 32.8 Å². The zero-order valence-electron chi connectivity index (χ0n) is 18.0. The molecule has 3 rings (SSSR count). The van der Waals surface area contributed by atoms with Crippen LogP contribution >= 0.6 is 0 Å². The molecule has 1 atom stereocenters. The molecule has 2 aliphatic rings. The first kappa shape index (κ1) is 21.4. The minimum Gasteiger partial charge on any atom is -0.462 e. The van der Waals surface area contributed by atoms with Crippen LogP contribution in [-0.4, -0.2) is 65.4 Å². The fourth-order valence-corrected chi connectivity index (χ4v) is 4.66. The van der Waals surface area contributed by atoms with E-state index in [9.17, 15) is 14.4 Å². The van der Waals surface area contributed by atoms with Crippen molar-refractivity contribution in [2.24, 2.45) is 11.8 Å². The van der Waals surface area contributed by atoms with Crippen LogP contribution in [0.2, 0.25) is 0 Å². The fraction of sp³-hybridized carbons (Fsp3) is 0.682. The molecule has 160 valence electrons. The second-order valence-electron chi connectivity index (χ2n) is 8.30. The Labute approximate surface area is 172 Å². The lowest BCUT2D eigenvalue weighted by molar-refractivity contribution is -0.136. The number of aromatic nitrogens is 1. The maximum absolute atomic E-state index is 13.1. The van der Waals surface area contributed by atoms with Crippen LogP contribution in [0.5, 0.6) is 0 Å². The van der Waals surface area contributed by atoms with Gasteiger partial charge in [-0.3, -0.25) is 9.59 Å². The Morgan fingerprint density at radius 1 is 1.07 bits per heavy atom. The predicted molar refractivity (Wildman–Crippen MR) is 110 cm³/mol. The molecule has 0 bridgehead atoms. The average Bonchev–Trinajstić information content (AvgIpc) is 3.35. The van der Waals surface area contributed by atoms with Crippen molar-refractivity contribution in [1.29, 1.82) is 0 Å². The summed E-state index contributed by atoms with van der Waals surface area (Å²) >= 11 is 0. The van der Waals surface area contributed by atoms with Crippen LogP contribution in [0.3, 0.4) is 0 Å². The number of rotatable bonds is 5. The van der Waals surface area contributed by atoms with Crippen LogP contribution in [-0.2, 0) is 9.53 Å². The summed E-state index contributed by atoms with van der Waals surface area (Å²) in [7, 11) is 0. The molecule has 0 spiro atoms. The van der Waals surface area contributed by atoms with Crippen LogP contribution < -0.4 is 0 Å². The number of nitrogens with one attached hydrogen (secondary N) is 1. The molecular formula is C22H33N3O4. The Morgan fingerprint density at radius 3 is 2.28 bits per heavy atom. The topological polar surface area (TPSA) is 82.7 Å². The van der Waals surface area contributed by atoms with Gasteiger partial charge in [0, 0.05) is 37.8 Å². The normalized spacial score (nSPS) is 18.8. The molecule has 0 aliphatic carbocycles. The Bertz CT molecular complexity index is 771. The van der Waals surface area contributed by atoms with Gasteiger partial charge in [-0.1, -0.05) is 6.92 Å². The quantitative estimate of drug-likeness (QED) is 0.767. The van der Waals surface area contributed by atoms with Gasteiger partial charge in [-0.25, -0.2) is 4.79 Å². The van der Waals surface area contributed by atoms with Gasteiger partial charge in [-0.2, -0.15) is 0 Å². The third-order valence-electron chi connectivity index (χ3n) is 6.47. The van der Waals surface area contributed by atoms with Crippen LogP contribution in [0.25, 0.3) is 0 Å². The third kappa shape index (κ3) is 4.33. The largest absolute Gasteiger partial charge is 0.462 e. The molecule has 2 amide bonds. The van der Waals surface area contributed by atoms with Crippen LogP contribution in [0, 0.1) is 25.7 Å². The van der Waals surface area contributed by atoms with E-state index in [1.165, 1.54) is 0 Å². The molecule has 0 radical (unpaired) electrons. The molecule has 2 saturated heterocycles. The number of esters is 1. The van der Waals surface area contributed by atoms with E-state index in [2.05, 4.69) is 4.98 Å². The van der Waals surface area contributed by atoms with Crippen LogP contribution in [0.4, 0.5) is 0 Å². The summed E-state index contributed by atoms with van der Waals surface area (Å²) in [5, 5.41) is 0. The second kappa shape index (κ2) is 9.01. The molecule has 7 heteroatoms. The molecular weight excluding hydrogens is 370 g/mol. The lowest BCUT2D eigenvalue weighted by Crippen LogP contribution is -2.43. The highest BCUT2D eigenvalue weighted by Crippen LogP contribution is 2.29. The summed E-state index contributed by atoms with van der Waals surface area (Å²) in [5.41, 5.74) is 2.22. The zero-order valence-corrected chi connectivity index (χ0v) is 18.0. The van der Waals surface area contributed by atoms with Crippen molar-refractivity contribution in [3.05, 3.63) is 22.5 Å². The number of aryl methyl sites for hydroxylation is 1. The number of likely N-dealkylation sites (tertiary alicyclic amines) is 2.